The molecule has 5 nitrogen and oxygen atoms in total. The summed E-state index contributed by atoms with van der Waals surface area (Å²) in [5, 5.41) is 7.29. The van der Waals surface area contributed by atoms with Gasteiger partial charge in [-0.1, -0.05) is 30.3 Å². The summed E-state index contributed by atoms with van der Waals surface area (Å²) in [5.41, 5.74) is 1.88. The van der Waals surface area contributed by atoms with Crippen LogP contribution in [0.25, 0.3) is 5.69 Å². The molecule has 1 amide bonds. The molecule has 0 radical (unpaired) electrons. The lowest BCUT2D eigenvalue weighted by molar-refractivity contribution is 0.0941. The molecule has 2 aromatic carbocycles. The molecule has 3 aromatic rings. The van der Waals surface area contributed by atoms with E-state index in [0.717, 1.165) is 18.4 Å². The van der Waals surface area contributed by atoms with Crippen LogP contribution in [0.5, 0.6) is 5.75 Å². The lowest BCUT2D eigenvalue weighted by Crippen LogP contribution is -2.26. The number of nitrogens with one attached hydrogen (secondary N) is 1. The van der Waals surface area contributed by atoms with Gasteiger partial charge in [0.15, 0.2) is 11.4 Å². The zero-order chi connectivity index (χ0) is 17.9. The first-order valence-corrected chi connectivity index (χ1v) is 8.52. The van der Waals surface area contributed by atoms with Crippen molar-refractivity contribution in [1.29, 1.82) is 0 Å². The van der Waals surface area contributed by atoms with Crippen molar-refractivity contribution in [3.63, 3.8) is 0 Å². The van der Waals surface area contributed by atoms with E-state index < -0.39 is 0 Å². The number of benzene rings is 2. The molecule has 1 aromatic heterocycles. The summed E-state index contributed by atoms with van der Waals surface area (Å²) in [6.45, 7) is 0.333. The number of carbonyl (C=O) groups excluding carboxylic acids is 1. The number of nitrogens with zero attached hydrogens (tertiary/aromatic N) is 2. The monoisotopic (exact) mass is 351 g/mol. The van der Waals surface area contributed by atoms with E-state index in [0.29, 0.717) is 18.0 Å². The number of rotatable bonds is 6. The van der Waals surface area contributed by atoms with Crippen LogP contribution in [0.1, 0.15) is 28.9 Å². The van der Waals surface area contributed by atoms with Crippen LogP contribution in [0, 0.1) is 5.82 Å². The second-order valence-corrected chi connectivity index (χ2v) is 6.28. The molecule has 1 aliphatic rings. The highest BCUT2D eigenvalue weighted by molar-refractivity contribution is 5.95. The molecule has 0 unspecified atom stereocenters. The van der Waals surface area contributed by atoms with E-state index in [1.54, 1.807) is 18.3 Å². The lowest BCUT2D eigenvalue weighted by Gasteiger charge is -2.06. The van der Waals surface area contributed by atoms with Gasteiger partial charge in [-0.2, -0.15) is 5.10 Å². The van der Waals surface area contributed by atoms with Gasteiger partial charge in [-0.05, 0) is 42.7 Å². The first-order chi connectivity index (χ1) is 12.7. The average Bonchev–Trinajstić information content (AvgIpc) is 3.37. The van der Waals surface area contributed by atoms with E-state index >= 15 is 0 Å². The summed E-state index contributed by atoms with van der Waals surface area (Å²) in [5.74, 6) is -0.180. The minimum atomic E-state index is -0.326. The van der Waals surface area contributed by atoms with Gasteiger partial charge in [0, 0.05) is 6.04 Å². The second-order valence-electron chi connectivity index (χ2n) is 6.28. The van der Waals surface area contributed by atoms with Gasteiger partial charge in [0.25, 0.3) is 5.91 Å². The summed E-state index contributed by atoms with van der Waals surface area (Å²) in [6.07, 6.45) is 3.63. The Morgan fingerprint density at radius 1 is 1.15 bits per heavy atom. The minimum Gasteiger partial charge on any atom is -0.485 e. The highest BCUT2D eigenvalue weighted by Gasteiger charge is 2.27. The number of ether oxygens (including phenoxy) is 1. The van der Waals surface area contributed by atoms with Crippen LogP contribution in [0.4, 0.5) is 4.39 Å². The molecule has 6 heteroatoms. The predicted octanol–water partition coefficient (Wildman–Crippen LogP) is 3.48. The summed E-state index contributed by atoms with van der Waals surface area (Å²) in [6, 6.07) is 15.8. The third kappa shape index (κ3) is 3.74. The molecule has 1 fully saturated rings. The van der Waals surface area contributed by atoms with Gasteiger partial charge < -0.3 is 10.1 Å². The lowest BCUT2D eigenvalue weighted by atomic mass is 10.2. The zero-order valence-electron chi connectivity index (χ0n) is 14.1. The van der Waals surface area contributed by atoms with Crippen LogP contribution in [0.2, 0.25) is 0 Å². The predicted molar refractivity (Wildman–Crippen MR) is 94.8 cm³/mol. The molecule has 0 aliphatic heterocycles. The molecule has 0 spiro atoms. The largest absolute Gasteiger partial charge is 0.485 e. The maximum absolute atomic E-state index is 13.2. The fourth-order valence-electron chi connectivity index (χ4n) is 2.56. The Morgan fingerprint density at radius 3 is 2.58 bits per heavy atom. The topological polar surface area (TPSA) is 56.2 Å². The van der Waals surface area contributed by atoms with E-state index in [-0.39, 0.29) is 23.5 Å². The van der Waals surface area contributed by atoms with Crippen LogP contribution in [0.3, 0.4) is 0 Å². The second kappa shape index (κ2) is 7.00. The summed E-state index contributed by atoms with van der Waals surface area (Å²) in [4.78, 5) is 12.5. The van der Waals surface area contributed by atoms with Crippen molar-refractivity contribution < 1.29 is 13.9 Å². The summed E-state index contributed by atoms with van der Waals surface area (Å²) >= 11 is 0. The Kier molecular flexibility index (Phi) is 4.39. The Bertz CT molecular complexity index is 903. The van der Waals surface area contributed by atoms with Gasteiger partial charge >= 0.3 is 0 Å². The van der Waals surface area contributed by atoms with Crippen LogP contribution < -0.4 is 10.1 Å². The third-order valence-electron chi connectivity index (χ3n) is 4.14. The standard InChI is InChI=1S/C20H18FN3O2/c21-15-6-10-17(11-7-15)24-12-18(26-13-14-4-2-1-3-5-14)19(23-24)20(25)22-16-8-9-16/h1-7,10-12,16H,8-9,13H2,(H,22,25). The molecular weight excluding hydrogens is 333 g/mol. The van der Waals surface area contributed by atoms with Gasteiger partial charge in [-0.3, -0.25) is 4.79 Å². The van der Waals surface area contributed by atoms with Crippen molar-refractivity contribution in [3.05, 3.63) is 77.9 Å². The number of halogens is 1. The Morgan fingerprint density at radius 2 is 1.88 bits per heavy atom. The molecule has 1 N–H and O–H groups in total. The van der Waals surface area contributed by atoms with E-state index in [4.69, 9.17) is 4.74 Å². The molecule has 0 atom stereocenters. The molecule has 0 saturated heterocycles. The normalized spacial score (nSPS) is 13.4. The quantitative estimate of drug-likeness (QED) is 0.740. The van der Waals surface area contributed by atoms with Crippen LogP contribution >= 0.6 is 0 Å². The number of aromatic nitrogens is 2. The smallest absolute Gasteiger partial charge is 0.275 e. The number of hydrogen-bond donors (Lipinski definition) is 1. The first-order valence-electron chi connectivity index (χ1n) is 8.52. The first kappa shape index (κ1) is 16.3. The Hall–Kier alpha value is -3.15. The maximum Gasteiger partial charge on any atom is 0.275 e. The van der Waals surface area contributed by atoms with Crippen molar-refractivity contribution in [1.82, 2.24) is 15.1 Å². The van der Waals surface area contributed by atoms with E-state index in [9.17, 15) is 9.18 Å². The van der Waals surface area contributed by atoms with Gasteiger partial charge in [-0.25, -0.2) is 9.07 Å². The van der Waals surface area contributed by atoms with Gasteiger partial charge in [0.05, 0.1) is 11.9 Å². The molecule has 1 heterocycles. The molecule has 1 aliphatic carbocycles. The molecule has 4 rings (SSSR count). The summed E-state index contributed by atoms with van der Waals surface area (Å²) in [7, 11) is 0. The van der Waals surface area contributed by atoms with Crippen LogP contribution in [-0.2, 0) is 6.61 Å². The Balaban J connectivity index is 1.60. The van der Waals surface area contributed by atoms with Crippen molar-refractivity contribution in [2.45, 2.75) is 25.5 Å². The van der Waals surface area contributed by atoms with E-state index in [1.807, 2.05) is 30.3 Å². The fraction of sp³-hybridized carbons (Fsp3) is 0.200. The zero-order valence-corrected chi connectivity index (χ0v) is 14.1. The highest BCUT2D eigenvalue weighted by Crippen LogP contribution is 2.24. The van der Waals surface area contributed by atoms with Gasteiger partial charge in [0.2, 0.25) is 0 Å². The van der Waals surface area contributed by atoms with Gasteiger partial charge in [-0.15, -0.1) is 0 Å². The SMILES string of the molecule is O=C(NC1CC1)c1nn(-c2ccc(F)cc2)cc1OCc1ccccc1. The number of hydrogen-bond acceptors (Lipinski definition) is 3. The van der Waals surface area contributed by atoms with Gasteiger partial charge in [0.1, 0.15) is 12.4 Å². The molecule has 132 valence electrons. The van der Waals surface area contributed by atoms with Crippen molar-refractivity contribution >= 4 is 5.91 Å². The molecule has 26 heavy (non-hydrogen) atoms. The summed E-state index contributed by atoms with van der Waals surface area (Å²) < 4.78 is 20.5. The fourth-order valence-corrected chi connectivity index (χ4v) is 2.56. The van der Waals surface area contributed by atoms with Crippen molar-refractivity contribution in [2.24, 2.45) is 0 Å². The van der Waals surface area contributed by atoms with Crippen molar-refractivity contribution in [2.75, 3.05) is 0 Å². The molecule has 1 saturated carbocycles. The molecular formula is C20H18FN3O2. The number of carbonyl (C=O) groups is 1. The highest BCUT2D eigenvalue weighted by atomic mass is 19.1. The van der Waals surface area contributed by atoms with Crippen LogP contribution in [-0.4, -0.2) is 21.7 Å². The Labute approximate surface area is 150 Å². The van der Waals surface area contributed by atoms with E-state index in [1.165, 1.54) is 16.8 Å². The molecule has 0 bridgehead atoms. The van der Waals surface area contributed by atoms with Crippen LogP contribution in [0.15, 0.2) is 60.8 Å². The van der Waals surface area contributed by atoms with Crippen molar-refractivity contribution in [3.8, 4) is 11.4 Å². The third-order valence-corrected chi connectivity index (χ3v) is 4.14. The number of amides is 1. The maximum atomic E-state index is 13.2. The minimum absolute atomic E-state index is 0.223. The van der Waals surface area contributed by atoms with E-state index in [2.05, 4.69) is 10.4 Å². The average molecular weight is 351 g/mol.